The Morgan fingerprint density at radius 1 is 1.24 bits per heavy atom. The van der Waals surface area contributed by atoms with Crippen LogP contribution in [0.1, 0.15) is 17.5 Å². The fraction of sp³-hybridized carbons (Fsp3) is 0.455. The van der Waals surface area contributed by atoms with Gasteiger partial charge in [0.1, 0.15) is 0 Å². The number of benzene rings is 1. The molecule has 1 atom stereocenters. The van der Waals surface area contributed by atoms with E-state index < -0.39 is 10.1 Å². The average Bonchev–Trinajstić information content (AvgIpc) is 2.18. The molecule has 0 saturated heterocycles. The Balaban J connectivity index is 2.22. The molecule has 0 fully saturated rings. The molecule has 0 radical (unpaired) electrons. The van der Waals surface area contributed by atoms with Gasteiger partial charge in [-0.1, -0.05) is 23.2 Å². The summed E-state index contributed by atoms with van der Waals surface area (Å²) in [4.78, 5) is 0. The lowest BCUT2D eigenvalue weighted by Crippen LogP contribution is -2.22. The van der Waals surface area contributed by atoms with Crippen molar-refractivity contribution in [3.05, 3.63) is 33.3 Å². The van der Waals surface area contributed by atoms with Gasteiger partial charge in [-0.15, -0.1) is 0 Å². The number of hydrogen-bond donors (Lipinski definition) is 1. The lowest BCUT2D eigenvalue weighted by Gasteiger charge is -2.24. The van der Waals surface area contributed by atoms with Crippen LogP contribution in [0.3, 0.4) is 0 Å². The van der Waals surface area contributed by atoms with Gasteiger partial charge >= 0.3 is 0 Å². The van der Waals surface area contributed by atoms with Crippen molar-refractivity contribution in [2.24, 2.45) is 5.92 Å². The smallest absolute Gasteiger partial charge is 0.265 e. The summed E-state index contributed by atoms with van der Waals surface area (Å²) in [5.74, 6) is -0.234. The normalized spacial score (nSPS) is 20.1. The zero-order valence-electron chi connectivity index (χ0n) is 8.99. The Morgan fingerprint density at radius 3 is 2.41 bits per heavy atom. The van der Waals surface area contributed by atoms with Crippen molar-refractivity contribution in [3.8, 4) is 0 Å². The van der Waals surface area contributed by atoms with Gasteiger partial charge in [0, 0.05) is 0 Å². The predicted octanol–water partition coefficient (Wildman–Crippen LogP) is 2.99. The topological polar surface area (TPSA) is 54.4 Å². The highest BCUT2D eigenvalue weighted by atomic mass is 35.5. The second-order valence-electron chi connectivity index (χ2n) is 4.39. The number of rotatable bonds is 2. The molecule has 2 rings (SSSR count). The second-order valence-corrected chi connectivity index (χ2v) is 6.70. The minimum atomic E-state index is -3.90. The van der Waals surface area contributed by atoms with Crippen LogP contribution in [0.15, 0.2) is 12.1 Å². The molecule has 0 spiro atoms. The Kier molecular flexibility index (Phi) is 3.69. The third-order valence-electron chi connectivity index (χ3n) is 3.02. The van der Waals surface area contributed by atoms with Gasteiger partial charge in [-0.3, -0.25) is 4.55 Å². The standard InChI is InChI=1S/C11H12Cl2O3S/c12-10-4-8-2-1-7(6-17(14,15)16)3-9(8)5-11(10)13/h4-5,7H,1-3,6H2,(H,14,15,16). The van der Waals surface area contributed by atoms with Crippen molar-refractivity contribution >= 4 is 33.3 Å². The van der Waals surface area contributed by atoms with Crippen LogP contribution in [0, 0.1) is 5.92 Å². The number of hydrogen-bond acceptors (Lipinski definition) is 2. The average molecular weight is 295 g/mol. The molecule has 1 N–H and O–H groups in total. The van der Waals surface area contributed by atoms with Crippen LogP contribution in [0.2, 0.25) is 10.0 Å². The SMILES string of the molecule is O=S(=O)(O)CC1CCc2cc(Cl)c(Cl)cc2C1. The van der Waals surface area contributed by atoms with Crippen LogP contribution >= 0.6 is 23.2 Å². The molecule has 1 aromatic carbocycles. The van der Waals surface area contributed by atoms with E-state index in [1.54, 1.807) is 6.07 Å². The number of halogens is 2. The minimum absolute atomic E-state index is 0.0465. The summed E-state index contributed by atoms with van der Waals surface area (Å²) in [6.07, 6.45) is 2.13. The van der Waals surface area contributed by atoms with Gasteiger partial charge in [0.05, 0.1) is 15.8 Å². The van der Waals surface area contributed by atoms with Crippen LogP contribution in [0.5, 0.6) is 0 Å². The van der Waals surface area contributed by atoms with Crippen molar-refractivity contribution in [3.63, 3.8) is 0 Å². The van der Waals surface area contributed by atoms with Crippen LogP contribution in [-0.4, -0.2) is 18.7 Å². The summed E-state index contributed by atoms with van der Waals surface area (Å²) >= 11 is 11.8. The van der Waals surface area contributed by atoms with Gasteiger partial charge in [0.2, 0.25) is 0 Å². The summed E-state index contributed by atoms with van der Waals surface area (Å²) in [6, 6.07) is 3.62. The van der Waals surface area contributed by atoms with Gasteiger partial charge < -0.3 is 0 Å². The molecule has 0 aromatic heterocycles. The lowest BCUT2D eigenvalue weighted by molar-refractivity contribution is 0.443. The van der Waals surface area contributed by atoms with E-state index in [1.165, 1.54) is 0 Å². The number of fused-ring (bicyclic) bond motifs is 1. The molecule has 1 aliphatic rings. The molecule has 0 bridgehead atoms. The van der Waals surface area contributed by atoms with E-state index in [1.807, 2.05) is 6.07 Å². The summed E-state index contributed by atoms with van der Waals surface area (Å²) < 4.78 is 30.5. The molecule has 94 valence electrons. The van der Waals surface area contributed by atoms with Gasteiger partial charge in [-0.2, -0.15) is 8.42 Å². The Labute approximate surface area is 110 Å². The summed E-state index contributed by atoms with van der Waals surface area (Å²) in [7, 11) is -3.90. The highest BCUT2D eigenvalue weighted by molar-refractivity contribution is 7.85. The third-order valence-corrected chi connectivity index (χ3v) is 4.63. The predicted molar refractivity (Wildman–Crippen MR) is 68.4 cm³/mol. The maximum atomic E-state index is 10.8. The summed E-state index contributed by atoms with van der Waals surface area (Å²) in [5, 5.41) is 1.01. The molecular weight excluding hydrogens is 283 g/mol. The maximum absolute atomic E-state index is 10.8. The van der Waals surface area contributed by atoms with E-state index in [-0.39, 0.29) is 11.7 Å². The van der Waals surface area contributed by atoms with Crippen LogP contribution in [0.25, 0.3) is 0 Å². The van der Waals surface area contributed by atoms with E-state index in [4.69, 9.17) is 27.8 Å². The summed E-state index contributed by atoms with van der Waals surface area (Å²) in [5.41, 5.74) is 2.14. The molecule has 0 saturated carbocycles. The minimum Gasteiger partial charge on any atom is -0.286 e. The maximum Gasteiger partial charge on any atom is 0.265 e. The van der Waals surface area contributed by atoms with Gasteiger partial charge in [-0.25, -0.2) is 0 Å². The molecule has 17 heavy (non-hydrogen) atoms. The molecule has 1 unspecified atom stereocenters. The Hall–Kier alpha value is -0.290. The molecule has 3 nitrogen and oxygen atoms in total. The first-order valence-corrected chi connectivity index (χ1v) is 7.63. The van der Waals surface area contributed by atoms with Crippen LogP contribution in [0.4, 0.5) is 0 Å². The van der Waals surface area contributed by atoms with Crippen LogP contribution in [-0.2, 0) is 23.0 Å². The van der Waals surface area contributed by atoms with E-state index in [2.05, 4.69) is 0 Å². The second kappa shape index (κ2) is 4.76. The first-order chi connectivity index (χ1) is 7.85. The summed E-state index contributed by atoms with van der Waals surface area (Å²) in [6.45, 7) is 0. The first kappa shape index (κ1) is 13.1. The zero-order chi connectivity index (χ0) is 12.6. The van der Waals surface area contributed by atoms with Crippen molar-refractivity contribution in [1.29, 1.82) is 0 Å². The van der Waals surface area contributed by atoms with Gasteiger partial charge in [-0.05, 0) is 48.4 Å². The Bertz CT molecular complexity index is 540. The van der Waals surface area contributed by atoms with Gasteiger partial charge in [0.25, 0.3) is 10.1 Å². The quantitative estimate of drug-likeness (QED) is 0.853. The largest absolute Gasteiger partial charge is 0.286 e. The van der Waals surface area contributed by atoms with Crippen molar-refractivity contribution in [1.82, 2.24) is 0 Å². The third kappa shape index (κ3) is 3.35. The van der Waals surface area contributed by atoms with Crippen LogP contribution < -0.4 is 0 Å². The van der Waals surface area contributed by atoms with E-state index in [9.17, 15) is 8.42 Å². The molecule has 1 aliphatic carbocycles. The molecule has 0 amide bonds. The van der Waals surface area contributed by atoms with E-state index >= 15 is 0 Å². The molecule has 0 heterocycles. The monoisotopic (exact) mass is 294 g/mol. The highest BCUT2D eigenvalue weighted by Gasteiger charge is 2.23. The zero-order valence-corrected chi connectivity index (χ0v) is 11.3. The first-order valence-electron chi connectivity index (χ1n) is 5.27. The lowest BCUT2D eigenvalue weighted by atomic mass is 9.85. The Morgan fingerprint density at radius 2 is 1.82 bits per heavy atom. The highest BCUT2D eigenvalue weighted by Crippen LogP contribution is 2.32. The van der Waals surface area contributed by atoms with E-state index in [0.29, 0.717) is 16.5 Å². The van der Waals surface area contributed by atoms with Crippen molar-refractivity contribution < 1.29 is 13.0 Å². The molecule has 0 aliphatic heterocycles. The van der Waals surface area contributed by atoms with Gasteiger partial charge in [0.15, 0.2) is 0 Å². The molecular formula is C11H12Cl2O3S. The van der Waals surface area contributed by atoms with Crippen molar-refractivity contribution in [2.75, 3.05) is 5.75 Å². The number of aryl methyl sites for hydroxylation is 1. The molecule has 1 aromatic rings. The van der Waals surface area contributed by atoms with Crippen molar-refractivity contribution in [2.45, 2.75) is 19.3 Å². The fourth-order valence-electron chi connectivity index (χ4n) is 2.26. The molecule has 6 heteroatoms. The fourth-order valence-corrected chi connectivity index (χ4v) is 3.52. The van der Waals surface area contributed by atoms with E-state index in [0.717, 1.165) is 24.0 Å².